The fraction of sp³-hybridized carbons (Fsp3) is 0.462. The Morgan fingerprint density at radius 1 is 1.39 bits per heavy atom. The van der Waals surface area contributed by atoms with Gasteiger partial charge in [-0.2, -0.15) is 10.2 Å². The number of aryl methyl sites for hydroxylation is 3. The first-order valence-electron chi connectivity index (χ1n) is 6.21. The minimum atomic E-state index is 0.0945. The van der Waals surface area contributed by atoms with Crippen molar-refractivity contribution < 1.29 is 4.79 Å². The van der Waals surface area contributed by atoms with Crippen molar-refractivity contribution in [1.82, 2.24) is 19.6 Å². The van der Waals surface area contributed by atoms with Crippen molar-refractivity contribution in [2.75, 3.05) is 0 Å². The molecule has 5 nitrogen and oxygen atoms in total. The molecule has 0 aliphatic carbocycles. The summed E-state index contributed by atoms with van der Waals surface area (Å²) in [6, 6.07) is 1.89. The number of rotatable bonds is 5. The third-order valence-electron chi connectivity index (χ3n) is 2.90. The summed E-state index contributed by atoms with van der Waals surface area (Å²) >= 11 is 0. The van der Waals surface area contributed by atoms with Crippen LogP contribution in [0.3, 0.4) is 0 Å². The summed E-state index contributed by atoms with van der Waals surface area (Å²) in [6.45, 7) is 4.75. The summed E-state index contributed by atoms with van der Waals surface area (Å²) in [6.07, 6.45) is 4.82. The van der Waals surface area contributed by atoms with Crippen LogP contribution in [-0.2, 0) is 26.4 Å². The molecule has 0 atom stereocenters. The lowest BCUT2D eigenvalue weighted by molar-refractivity contribution is 0.0982. The summed E-state index contributed by atoms with van der Waals surface area (Å²) in [7, 11) is 1.85. The largest absolute Gasteiger partial charge is 0.292 e. The number of carbonyl (C=O) groups is 1. The minimum Gasteiger partial charge on any atom is -0.292 e. The van der Waals surface area contributed by atoms with Gasteiger partial charge in [0, 0.05) is 26.2 Å². The van der Waals surface area contributed by atoms with Crippen LogP contribution in [0.4, 0.5) is 0 Å². The molecular weight excluding hydrogens is 228 g/mol. The van der Waals surface area contributed by atoms with Crippen LogP contribution < -0.4 is 0 Å². The molecular formula is C13H18N4O. The maximum atomic E-state index is 12.2. The van der Waals surface area contributed by atoms with Crippen LogP contribution in [0.2, 0.25) is 0 Å². The van der Waals surface area contributed by atoms with E-state index >= 15 is 0 Å². The van der Waals surface area contributed by atoms with Crippen molar-refractivity contribution in [1.29, 1.82) is 0 Å². The molecule has 5 heteroatoms. The van der Waals surface area contributed by atoms with Crippen LogP contribution in [-0.4, -0.2) is 25.3 Å². The Bertz CT molecular complexity index is 553. The average molecular weight is 246 g/mol. The van der Waals surface area contributed by atoms with Crippen LogP contribution in [0, 0.1) is 0 Å². The van der Waals surface area contributed by atoms with Gasteiger partial charge in [-0.3, -0.25) is 14.2 Å². The van der Waals surface area contributed by atoms with E-state index in [-0.39, 0.29) is 5.78 Å². The van der Waals surface area contributed by atoms with E-state index in [9.17, 15) is 4.79 Å². The average Bonchev–Trinajstić information content (AvgIpc) is 2.95. The molecule has 0 bridgehead atoms. The van der Waals surface area contributed by atoms with Crippen LogP contribution in [0.5, 0.6) is 0 Å². The number of carbonyl (C=O) groups excluding carboxylic acids is 1. The van der Waals surface area contributed by atoms with Crippen LogP contribution >= 0.6 is 0 Å². The Balaban J connectivity index is 2.20. The van der Waals surface area contributed by atoms with E-state index in [4.69, 9.17) is 0 Å². The predicted octanol–water partition coefficient (Wildman–Crippen LogP) is 1.62. The number of Topliss-reactive ketones (excluding diaryl/α,β-unsaturated/α-hetero) is 1. The van der Waals surface area contributed by atoms with Gasteiger partial charge in [-0.15, -0.1) is 0 Å². The van der Waals surface area contributed by atoms with Gasteiger partial charge in [-0.1, -0.05) is 6.92 Å². The zero-order valence-electron chi connectivity index (χ0n) is 11.1. The molecule has 0 aliphatic rings. The fourth-order valence-electron chi connectivity index (χ4n) is 1.95. The molecule has 0 aliphatic heterocycles. The van der Waals surface area contributed by atoms with Gasteiger partial charge in [0.1, 0.15) is 5.69 Å². The Morgan fingerprint density at radius 3 is 2.72 bits per heavy atom. The van der Waals surface area contributed by atoms with Crippen molar-refractivity contribution in [2.45, 2.75) is 33.2 Å². The van der Waals surface area contributed by atoms with Crippen molar-refractivity contribution in [3.63, 3.8) is 0 Å². The quantitative estimate of drug-likeness (QED) is 0.753. The molecule has 0 fully saturated rings. The highest BCUT2D eigenvalue weighted by molar-refractivity contribution is 5.96. The van der Waals surface area contributed by atoms with E-state index in [0.717, 1.165) is 17.7 Å². The van der Waals surface area contributed by atoms with Crippen molar-refractivity contribution in [3.05, 3.63) is 35.4 Å². The van der Waals surface area contributed by atoms with E-state index in [1.54, 1.807) is 15.6 Å². The zero-order valence-corrected chi connectivity index (χ0v) is 11.1. The second kappa shape index (κ2) is 5.16. The van der Waals surface area contributed by atoms with Crippen molar-refractivity contribution >= 4 is 5.78 Å². The van der Waals surface area contributed by atoms with Gasteiger partial charge in [0.25, 0.3) is 0 Å². The summed E-state index contributed by atoms with van der Waals surface area (Å²) in [5.74, 6) is 0.0945. The Morgan fingerprint density at radius 2 is 2.17 bits per heavy atom. The first-order chi connectivity index (χ1) is 8.63. The molecule has 0 N–H and O–H groups in total. The molecule has 96 valence electrons. The normalized spacial score (nSPS) is 10.8. The summed E-state index contributed by atoms with van der Waals surface area (Å²) in [4.78, 5) is 12.2. The van der Waals surface area contributed by atoms with Crippen LogP contribution in [0.25, 0.3) is 0 Å². The Hall–Kier alpha value is -1.91. The predicted molar refractivity (Wildman–Crippen MR) is 68.5 cm³/mol. The molecule has 0 unspecified atom stereocenters. The monoisotopic (exact) mass is 246 g/mol. The summed E-state index contributed by atoms with van der Waals surface area (Å²) < 4.78 is 3.48. The molecule has 0 amide bonds. The second-order valence-corrected chi connectivity index (χ2v) is 4.31. The number of nitrogens with zero attached hydrogens (tertiary/aromatic N) is 4. The standard InChI is InChI=1S/C13H18N4O/c1-4-11-7-12(17(5-2)15-11)13(18)6-10-8-14-16(3)9-10/h7-9H,4-6H2,1-3H3. The zero-order chi connectivity index (χ0) is 13.1. The lowest BCUT2D eigenvalue weighted by Gasteiger charge is -2.02. The highest BCUT2D eigenvalue weighted by atomic mass is 16.1. The first kappa shape index (κ1) is 12.5. The smallest absolute Gasteiger partial charge is 0.185 e. The van der Waals surface area contributed by atoms with Gasteiger partial charge in [-0.25, -0.2) is 0 Å². The molecule has 2 aromatic heterocycles. The number of hydrogen-bond donors (Lipinski definition) is 0. The SMILES string of the molecule is CCc1cc(C(=O)Cc2cnn(C)c2)n(CC)n1. The Labute approximate surface area is 106 Å². The van der Waals surface area contributed by atoms with E-state index in [1.807, 2.05) is 33.2 Å². The second-order valence-electron chi connectivity index (χ2n) is 4.31. The lowest BCUT2D eigenvalue weighted by Crippen LogP contribution is -2.11. The third-order valence-corrected chi connectivity index (χ3v) is 2.90. The molecule has 18 heavy (non-hydrogen) atoms. The molecule has 2 heterocycles. The molecule has 0 saturated carbocycles. The van der Waals surface area contributed by atoms with Crippen molar-refractivity contribution in [2.24, 2.45) is 7.05 Å². The minimum absolute atomic E-state index is 0.0945. The van der Waals surface area contributed by atoms with Gasteiger partial charge < -0.3 is 0 Å². The van der Waals surface area contributed by atoms with Crippen LogP contribution in [0.15, 0.2) is 18.5 Å². The van der Waals surface area contributed by atoms with E-state index in [2.05, 4.69) is 10.2 Å². The van der Waals surface area contributed by atoms with E-state index < -0.39 is 0 Å². The van der Waals surface area contributed by atoms with Gasteiger partial charge in [0.15, 0.2) is 5.78 Å². The highest BCUT2D eigenvalue weighted by Crippen LogP contribution is 2.10. The third kappa shape index (κ3) is 2.50. The van der Waals surface area contributed by atoms with Gasteiger partial charge in [0.05, 0.1) is 11.9 Å². The number of hydrogen-bond acceptors (Lipinski definition) is 3. The highest BCUT2D eigenvalue weighted by Gasteiger charge is 2.15. The summed E-state index contributed by atoms with van der Waals surface area (Å²) in [5.41, 5.74) is 2.59. The molecule has 2 aromatic rings. The van der Waals surface area contributed by atoms with Gasteiger partial charge in [-0.05, 0) is 25.0 Å². The maximum absolute atomic E-state index is 12.2. The number of ketones is 1. The fourth-order valence-corrected chi connectivity index (χ4v) is 1.95. The first-order valence-corrected chi connectivity index (χ1v) is 6.21. The molecule has 0 radical (unpaired) electrons. The summed E-state index contributed by atoms with van der Waals surface area (Å²) in [5, 5.41) is 8.46. The van der Waals surface area contributed by atoms with Gasteiger partial charge >= 0.3 is 0 Å². The topological polar surface area (TPSA) is 52.7 Å². The van der Waals surface area contributed by atoms with E-state index in [0.29, 0.717) is 18.7 Å². The maximum Gasteiger partial charge on any atom is 0.185 e. The molecule has 0 spiro atoms. The van der Waals surface area contributed by atoms with Crippen molar-refractivity contribution in [3.8, 4) is 0 Å². The molecule has 0 saturated heterocycles. The Kier molecular flexibility index (Phi) is 3.60. The van der Waals surface area contributed by atoms with E-state index in [1.165, 1.54) is 0 Å². The lowest BCUT2D eigenvalue weighted by atomic mass is 10.1. The number of aromatic nitrogens is 4. The molecule has 0 aromatic carbocycles. The van der Waals surface area contributed by atoms with Gasteiger partial charge in [0.2, 0.25) is 0 Å². The van der Waals surface area contributed by atoms with Crippen LogP contribution in [0.1, 0.15) is 35.6 Å². The molecule has 2 rings (SSSR count).